The number of carbonyl (C=O) groups is 1. The molecule has 1 N–H and O–H groups in total. The first kappa shape index (κ1) is 15.1. The van der Waals surface area contributed by atoms with E-state index in [1.807, 2.05) is 20.8 Å². The largest absolute Gasteiger partial charge is 0.477 e. The summed E-state index contributed by atoms with van der Waals surface area (Å²) in [7, 11) is 0. The molecule has 2 heterocycles. The molecule has 0 saturated carbocycles. The summed E-state index contributed by atoms with van der Waals surface area (Å²) in [6.45, 7) is 6.03. The van der Waals surface area contributed by atoms with E-state index in [4.69, 9.17) is 0 Å². The van der Waals surface area contributed by atoms with Crippen LogP contribution < -0.4 is 0 Å². The first-order valence-electron chi connectivity index (χ1n) is 7.16. The van der Waals surface area contributed by atoms with Crippen molar-refractivity contribution >= 4 is 11.6 Å². The third-order valence-corrected chi connectivity index (χ3v) is 3.54. The summed E-state index contributed by atoms with van der Waals surface area (Å²) in [4.78, 5) is 15.5. The van der Waals surface area contributed by atoms with E-state index in [1.54, 1.807) is 22.7 Å². The molecule has 0 aliphatic carbocycles. The van der Waals surface area contributed by atoms with Gasteiger partial charge in [0.25, 0.3) is 0 Å². The molecule has 0 spiro atoms. The molecule has 0 bridgehead atoms. The number of hydrogen-bond acceptors (Lipinski definition) is 3. The van der Waals surface area contributed by atoms with E-state index in [-0.39, 0.29) is 11.1 Å². The van der Waals surface area contributed by atoms with Crippen molar-refractivity contribution in [2.75, 3.05) is 0 Å². The van der Waals surface area contributed by atoms with Gasteiger partial charge in [0.2, 0.25) is 0 Å². The van der Waals surface area contributed by atoms with E-state index >= 15 is 0 Å². The number of aromatic carboxylic acids is 1. The van der Waals surface area contributed by atoms with Gasteiger partial charge in [-0.25, -0.2) is 18.7 Å². The van der Waals surface area contributed by atoms with Crippen molar-refractivity contribution in [2.45, 2.75) is 26.2 Å². The minimum absolute atomic E-state index is 0.0999. The molecule has 0 radical (unpaired) electrons. The number of benzene rings is 1. The van der Waals surface area contributed by atoms with Gasteiger partial charge in [0.05, 0.1) is 11.4 Å². The Morgan fingerprint density at radius 3 is 2.57 bits per heavy atom. The lowest BCUT2D eigenvalue weighted by Crippen LogP contribution is -2.12. The molecule has 0 aliphatic heterocycles. The van der Waals surface area contributed by atoms with Gasteiger partial charge >= 0.3 is 5.97 Å². The molecule has 0 saturated heterocycles. The second kappa shape index (κ2) is 5.15. The Balaban J connectivity index is 2.33. The fourth-order valence-electron chi connectivity index (χ4n) is 2.30. The molecule has 5 nitrogen and oxygen atoms in total. The number of rotatable bonds is 2. The van der Waals surface area contributed by atoms with Crippen LogP contribution in [0, 0.1) is 5.82 Å². The van der Waals surface area contributed by atoms with Gasteiger partial charge < -0.3 is 5.11 Å². The van der Waals surface area contributed by atoms with Crippen LogP contribution in [-0.2, 0) is 5.41 Å². The number of halogens is 1. The average molecular weight is 313 g/mol. The average Bonchev–Trinajstić information content (AvgIpc) is 2.90. The smallest absolute Gasteiger partial charge is 0.354 e. The summed E-state index contributed by atoms with van der Waals surface area (Å²) in [5.41, 5.74) is 1.93. The quantitative estimate of drug-likeness (QED) is 0.786. The van der Waals surface area contributed by atoms with Gasteiger partial charge in [-0.3, -0.25) is 0 Å². The molecule has 0 fully saturated rings. The van der Waals surface area contributed by atoms with Crippen molar-refractivity contribution < 1.29 is 14.3 Å². The number of hydrogen-bond donors (Lipinski definition) is 1. The van der Waals surface area contributed by atoms with Crippen LogP contribution in [-0.4, -0.2) is 25.7 Å². The Bertz CT molecular complexity index is 910. The third kappa shape index (κ3) is 2.79. The Kier molecular flexibility index (Phi) is 3.39. The zero-order valence-corrected chi connectivity index (χ0v) is 13.0. The zero-order valence-electron chi connectivity index (χ0n) is 13.0. The van der Waals surface area contributed by atoms with Crippen LogP contribution in [0.15, 0.2) is 36.4 Å². The Labute approximate surface area is 132 Å². The number of carboxylic acid groups (broad SMARTS) is 1. The summed E-state index contributed by atoms with van der Waals surface area (Å²) in [6.07, 6.45) is 0. The molecule has 1 aromatic carbocycles. The molecule has 3 aromatic rings. The van der Waals surface area contributed by atoms with Gasteiger partial charge in [0, 0.05) is 17.0 Å². The minimum atomic E-state index is -1.14. The summed E-state index contributed by atoms with van der Waals surface area (Å²) in [5.74, 6) is -1.53. The van der Waals surface area contributed by atoms with Gasteiger partial charge in [-0.2, -0.15) is 5.10 Å². The molecule has 0 unspecified atom stereocenters. The Morgan fingerprint density at radius 1 is 1.22 bits per heavy atom. The van der Waals surface area contributed by atoms with E-state index in [0.717, 1.165) is 5.69 Å². The first-order valence-corrected chi connectivity index (χ1v) is 7.16. The van der Waals surface area contributed by atoms with Gasteiger partial charge in [-0.05, 0) is 18.2 Å². The van der Waals surface area contributed by atoms with Crippen molar-refractivity contribution in [1.29, 1.82) is 0 Å². The molecular weight excluding hydrogens is 297 g/mol. The highest BCUT2D eigenvalue weighted by Crippen LogP contribution is 2.26. The van der Waals surface area contributed by atoms with Crippen LogP contribution in [0.2, 0.25) is 0 Å². The molecule has 0 aliphatic rings. The van der Waals surface area contributed by atoms with Crippen LogP contribution in [0.25, 0.3) is 16.9 Å². The maximum absolute atomic E-state index is 13.5. The fraction of sp³-hybridized carbons (Fsp3) is 0.235. The summed E-state index contributed by atoms with van der Waals surface area (Å²) in [5, 5.41) is 13.8. The lowest BCUT2D eigenvalue weighted by Gasteiger charge is -2.13. The van der Waals surface area contributed by atoms with E-state index in [0.29, 0.717) is 16.9 Å². The maximum atomic E-state index is 13.5. The van der Waals surface area contributed by atoms with Crippen LogP contribution in [0.3, 0.4) is 0 Å². The monoisotopic (exact) mass is 313 g/mol. The molecule has 118 valence electrons. The SMILES string of the molecule is CC(C)(C)c1cc2nc(C(=O)O)cc(-c3cccc(F)c3)n2n1. The minimum Gasteiger partial charge on any atom is -0.477 e. The predicted molar refractivity (Wildman–Crippen MR) is 84.0 cm³/mol. The van der Waals surface area contributed by atoms with Crippen LogP contribution in [0.4, 0.5) is 4.39 Å². The van der Waals surface area contributed by atoms with Crippen molar-refractivity contribution in [3.05, 3.63) is 53.6 Å². The predicted octanol–water partition coefficient (Wildman–Crippen LogP) is 3.53. The maximum Gasteiger partial charge on any atom is 0.354 e. The van der Waals surface area contributed by atoms with E-state index in [9.17, 15) is 14.3 Å². The lowest BCUT2D eigenvalue weighted by molar-refractivity contribution is 0.0690. The summed E-state index contributed by atoms with van der Waals surface area (Å²) >= 11 is 0. The number of fused-ring (bicyclic) bond motifs is 1. The van der Waals surface area contributed by atoms with Crippen molar-refractivity contribution in [2.24, 2.45) is 0 Å². The second-order valence-electron chi connectivity index (χ2n) is 6.39. The Morgan fingerprint density at radius 2 is 1.96 bits per heavy atom. The molecule has 2 aromatic heterocycles. The highest BCUT2D eigenvalue weighted by molar-refractivity contribution is 5.87. The van der Waals surface area contributed by atoms with E-state index in [2.05, 4.69) is 10.1 Å². The highest BCUT2D eigenvalue weighted by Gasteiger charge is 2.21. The molecule has 3 rings (SSSR count). The number of aromatic nitrogens is 3. The van der Waals surface area contributed by atoms with Gasteiger partial charge in [0.1, 0.15) is 5.82 Å². The van der Waals surface area contributed by atoms with Crippen molar-refractivity contribution in [1.82, 2.24) is 14.6 Å². The molecular formula is C17H16FN3O2. The van der Waals surface area contributed by atoms with E-state index < -0.39 is 11.8 Å². The molecule has 6 heteroatoms. The summed E-state index contributed by atoms with van der Waals surface area (Å²) < 4.78 is 15.1. The third-order valence-electron chi connectivity index (χ3n) is 3.54. The number of nitrogens with zero attached hydrogens (tertiary/aromatic N) is 3. The van der Waals surface area contributed by atoms with Crippen molar-refractivity contribution in [3.8, 4) is 11.3 Å². The van der Waals surface area contributed by atoms with Gasteiger partial charge in [-0.15, -0.1) is 0 Å². The normalized spacial score (nSPS) is 11.8. The highest BCUT2D eigenvalue weighted by atomic mass is 19.1. The fourth-order valence-corrected chi connectivity index (χ4v) is 2.30. The lowest BCUT2D eigenvalue weighted by atomic mass is 9.93. The van der Waals surface area contributed by atoms with Gasteiger partial charge in [0.15, 0.2) is 11.3 Å². The molecule has 23 heavy (non-hydrogen) atoms. The van der Waals surface area contributed by atoms with Crippen molar-refractivity contribution in [3.63, 3.8) is 0 Å². The summed E-state index contributed by atoms with van der Waals surface area (Å²) in [6, 6.07) is 9.13. The van der Waals surface area contributed by atoms with Crippen LogP contribution >= 0.6 is 0 Å². The first-order chi connectivity index (χ1) is 10.8. The van der Waals surface area contributed by atoms with Gasteiger partial charge in [-0.1, -0.05) is 32.9 Å². The molecule has 0 atom stereocenters. The molecule has 0 amide bonds. The Hall–Kier alpha value is -2.76. The van der Waals surface area contributed by atoms with Crippen LogP contribution in [0.1, 0.15) is 37.0 Å². The van der Waals surface area contributed by atoms with E-state index in [1.165, 1.54) is 18.2 Å². The topological polar surface area (TPSA) is 67.5 Å². The van der Waals surface area contributed by atoms with Crippen LogP contribution in [0.5, 0.6) is 0 Å². The standard InChI is InChI=1S/C17H16FN3O2/c1-17(2,3)14-9-15-19-12(16(22)23)8-13(21(15)20-14)10-5-4-6-11(18)7-10/h4-9H,1-3H3,(H,22,23). The second-order valence-corrected chi connectivity index (χ2v) is 6.39. The number of carboxylic acids is 1. The zero-order chi connectivity index (χ0) is 16.8.